The standard InChI is InChI=1S/C18H22Cl2N2O2/c1-18(2,24)10-11-5-7-22(8-6-11)17(23)14-9-12-3-4-13(19)15(20)16(12)21-14/h3-4,9,11,21,24H,5-8,10H2,1-2H3. The average Bonchev–Trinajstić information content (AvgIpc) is 2.94. The van der Waals surface area contributed by atoms with E-state index in [1.165, 1.54) is 0 Å². The van der Waals surface area contributed by atoms with Gasteiger partial charge in [-0.15, -0.1) is 0 Å². The number of carbonyl (C=O) groups excluding carboxylic acids is 1. The van der Waals surface area contributed by atoms with Crippen LogP contribution in [0.1, 0.15) is 43.6 Å². The monoisotopic (exact) mass is 368 g/mol. The van der Waals surface area contributed by atoms with Crippen molar-refractivity contribution < 1.29 is 9.90 Å². The number of H-pyrrole nitrogens is 1. The molecule has 130 valence electrons. The molecule has 2 aromatic rings. The van der Waals surface area contributed by atoms with E-state index in [9.17, 15) is 9.90 Å². The summed E-state index contributed by atoms with van der Waals surface area (Å²) in [6.07, 6.45) is 2.61. The van der Waals surface area contributed by atoms with Crippen LogP contribution >= 0.6 is 23.2 Å². The number of hydrogen-bond donors (Lipinski definition) is 2. The van der Waals surface area contributed by atoms with Gasteiger partial charge in [0.15, 0.2) is 0 Å². The molecule has 0 bridgehead atoms. The van der Waals surface area contributed by atoms with Crippen molar-refractivity contribution in [2.75, 3.05) is 13.1 Å². The lowest BCUT2D eigenvalue weighted by Crippen LogP contribution is -2.40. The van der Waals surface area contributed by atoms with Crippen LogP contribution in [0.3, 0.4) is 0 Å². The van der Waals surface area contributed by atoms with E-state index < -0.39 is 5.60 Å². The minimum atomic E-state index is -0.649. The Morgan fingerprint density at radius 3 is 2.62 bits per heavy atom. The van der Waals surface area contributed by atoms with Crippen molar-refractivity contribution in [3.05, 3.63) is 33.9 Å². The van der Waals surface area contributed by atoms with Gasteiger partial charge in [-0.3, -0.25) is 4.79 Å². The number of benzene rings is 1. The summed E-state index contributed by atoms with van der Waals surface area (Å²) in [4.78, 5) is 17.7. The molecule has 0 spiro atoms. The largest absolute Gasteiger partial charge is 0.390 e. The number of hydrogen-bond acceptors (Lipinski definition) is 2. The third kappa shape index (κ3) is 3.71. The third-order valence-electron chi connectivity index (χ3n) is 4.61. The first-order valence-electron chi connectivity index (χ1n) is 8.23. The average molecular weight is 369 g/mol. The Balaban J connectivity index is 1.71. The Bertz CT molecular complexity index is 756. The predicted molar refractivity (Wildman–Crippen MR) is 97.9 cm³/mol. The summed E-state index contributed by atoms with van der Waals surface area (Å²) in [6, 6.07) is 5.41. The minimum Gasteiger partial charge on any atom is -0.390 e. The first-order valence-corrected chi connectivity index (χ1v) is 8.98. The summed E-state index contributed by atoms with van der Waals surface area (Å²) in [7, 11) is 0. The molecule has 2 heterocycles. The Kier molecular flexibility index (Phi) is 4.82. The minimum absolute atomic E-state index is 0.0138. The molecule has 2 N–H and O–H groups in total. The highest BCUT2D eigenvalue weighted by Gasteiger charge is 2.28. The zero-order chi connectivity index (χ0) is 17.5. The second kappa shape index (κ2) is 6.58. The van der Waals surface area contributed by atoms with Gasteiger partial charge in [0.2, 0.25) is 0 Å². The Morgan fingerprint density at radius 2 is 2.00 bits per heavy atom. The molecule has 0 aliphatic carbocycles. The van der Waals surface area contributed by atoms with E-state index >= 15 is 0 Å². The molecule has 0 saturated carbocycles. The maximum absolute atomic E-state index is 12.7. The normalized spacial score (nSPS) is 16.8. The van der Waals surface area contributed by atoms with Gasteiger partial charge in [0.25, 0.3) is 5.91 Å². The van der Waals surface area contributed by atoms with Crippen LogP contribution in [-0.2, 0) is 0 Å². The second-order valence-corrected chi connectivity index (χ2v) is 8.05. The molecule has 1 fully saturated rings. The molecule has 1 saturated heterocycles. The number of rotatable bonds is 3. The van der Waals surface area contributed by atoms with Crippen molar-refractivity contribution in [2.45, 2.75) is 38.7 Å². The fourth-order valence-electron chi connectivity index (χ4n) is 3.47. The van der Waals surface area contributed by atoms with E-state index in [-0.39, 0.29) is 5.91 Å². The van der Waals surface area contributed by atoms with E-state index in [0.29, 0.717) is 40.3 Å². The molecule has 0 unspecified atom stereocenters. The predicted octanol–water partition coefficient (Wildman–Crippen LogP) is 4.49. The van der Waals surface area contributed by atoms with E-state index in [0.717, 1.165) is 24.6 Å². The van der Waals surface area contributed by atoms with Gasteiger partial charge in [-0.05, 0) is 51.2 Å². The Hall–Kier alpha value is -1.23. The molecular weight excluding hydrogens is 347 g/mol. The number of fused-ring (bicyclic) bond motifs is 1. The van der Waals surface area contributed by atoms with Crippen LogP contribution in [-0.4, -0.2) is 39.6 Å². The second-order valence-electron chi connectivity index (χ2n) is 7.26. The molecular formula is C18H22Cl2N2O2. The summed E-state index contributed by atoms with van der Waals surface area (Å²) in [5, 5.41) is 11.7. The Labute approximate surface area is 151 Å². The van der Waals surface area contributed by atoms with Crippen LogP contribution in [0.2, 0.25) is 10.0 Å². The number of likely N-dealkylation sites (tertiary alicyclic amines) is 1. The molecule has 1 aromatic heterocycles. The van der Waals surface area contributed by atoms with Crippen LogP contribution < -0.4 is 0 Å². The van der Waals surface area contributed by atoms with Gasteiger partial charge in [-0.2, -0.15) is 0 Å². The van der Waals surface area contributed by atoms with Gasteiger partial charge in [0.1, 0.15) is 5.69 Å². The SMILES string of the molecule is CC(C)(O)CC1CCN(C(=O)c2cc3ccc(Cl)c(Cl)c3[nH]2)CC1. The van der Waals surface area contributed by atoms with Crippen LogP contribution in [0, 0.1) is 5.92 Å². The Morgan fingerprint density at radius 1 is 1.33 bits per heavy atom. The molecule has 6 heteroatoms. The van der Waals surface area contributed by atoms with Gasteiger partial charge in [-0.25, -0.2) is 0 Å². The molecule has 1 amide bonds. The van der Waals surface area contributed by atoms with Crippen LogP contribution in [0.5, 0.6) is 0 Å². The lowest BCUT2D eigenvalue weighted by atomic mass is 9.86. The van der Waals surface area contributed by atoms with Gasteiger partial charge in [0, 0.05) is 18.5 Å². The summed E-state index contributed by atoms with van der Waals surface area (Å²) < 4.78 is 0. The van der Waals surface area contributed by atoms with Crippen molar-refractivity contribution in [1.82, 2.24) is 9.88 Å². The topological polar surface area (TPSA) is 56.3 Å². The third-order valence-corrected chi connectivity index (χ3v) is 5.41. The molecule has 3 rings (SSSR count). The molecule has 0 radical (unpaired) electrons. The van der Waals surface area contributed by atoms with Crippen LogP contribution in [0.15, 0.2) is 18.2 Å². The molecule has 1 aliphatic rings. The number of halogens is 2. The number of nitrogens with one attached hydrogen (secondary N) is 1. The van der Waals surface area contributed by atoms with Gasteiger partial charge in [-0.1, -0.05) is 29.3 Å². The summed E-state index contributed by atoms with van der Waals surface area (Å²) in [5.41, 5.74) is 0.587. The number of piperidine rings is 1. The van der Waals surface area contributed by atoms with Crippen molar-refractivity contribution in [3.63, 3.8) is 0 Å². The lowest BCUT2D eigenvalue weighted by molar-refractivity contribution is 0.0357. The molecule has 1 aliphatic heterocycles. The fourth-order valence-corrected chi connectivity index (χ4v) is 3.85. The number of amides is 1. The number of aromatic amines is 1. The zero-order valence-electron chi connectivity index (χ0n) is 13.9. The van der Waals surface area contributed by atoms with Crippen molar-refractivity contribution in [2.24, 2.45) is 5.92 Å². The highest BCUT2D eigenvalue weighted by atomic mass is 35.5. The number of nitrogens with zero attached hydrogens (tertiary/aromatic N) is 1. The molecule has 24 heavy (non-hydrogen) atoms. The quantitative estimate of drug-likeness (QED) is 0.838. The maximum Gasteiger partial charge on any atom is 0.270 e. The fraction of sp³-hybridized carbons (Fsp3) is 0.500. The van der Waals surface area contributed by atoms with Crippen molar-refractivity contribution >= 4 is 40.0 Å². The summed E-state index contributed by atoms with van der Waals surface area (Å²) in [6.45, 7) is 5.10. The van der Waals surface area contributed by atoms with Crippen LogP contribution in [0.4, 0.5) is 0 Å². The summed E-state index contributed by atoms with van der Waals surface area (Å²) in [5.74, 6) is 0.449. The first-order chi connectivity index (χ1) is 11.2. The van der Waals surface area contributed by atoms with E-state index in [4.69, 9.17) is 23.2 Å². The first kappa shape index (κ1) is 17.6. The lowest BCUT2D eigenvalue weighted by Gasteiger charge is -2.34. The smallest absolute Gasteiger partial charge is 0.270 e. The highest BCUT2D eigenvalue weighted by Crippen LogP contribution is 2.31. The molecule has 0 atom stereocenters. The maximum atomic E-state index is 12.7. The highest BCUT2D eigenvalue weighted by molar-refractivity contribution is 6.45. The van der Waals surface area contributed by atoms with Crippen molar-refractivity contribution in [1.29, 1.82) is 0 Å². The van der Waals surface area contributed by atoms with Gasteiger partial charge in [0.05, 0.1) is 21.2 Å². The molecule has 4 nitrogen and oxygen atoms in total. The zero-order valence-corrected chi connectivity index (χ0v) is 15.4. The number of carbonyl (C=O) groups is 1. The van der Waals surface area contributed by atoms with Crippen LogP contribution in [0.25, 0.3) is 10.9 Å². The van der Waals surface area contributed by atoms with Gasteiger partial charge >= 0.3 is 0 Å². The van der Waals surface area contributed by atoms with E-state index in [1.54, 1.807) is 6.07 Å². The van der Waals surface area contributed by atoms with E-state index in [1.807, 2.05) is 30.9 Å². The van der Waals surface area contributed by atoms with Gasteiger partial charge < -0.3 is 15.0 Å². The van der Waals surface area contributed by atoms with E-state index in [2.05, 4.69) is 4.98 Å². The number of aliphatic hydroxyl groups is 1. The number of aromatic nitrogens is 1. The van der Waals surface area contributed by atoms with Crippen molar-refractivity contribution in [3.8, 4) is 0 Å². The summed E-state index contributed by atoms with van der Waals surface area (Å²) >= 11 is 12.2. The molecule has 1 aromatic carbocycles.